The van der Waals surface area contributed by atoms with Gasteiger partial charge >= 0.3 is 5.97 Å². The van der Waals surface area contributed by atoms with Gasteiger partial charge in [0.1, 0.15) is 0 Å². The predicted molar refractivity (Wildman–Crippen MR) is 65.5 cm³/mol. The molecule has 0 aromatic rings. The molecule has 16 heavy (non-hydrogen) atoms. The average molecular weight is 227 g/mol. The number of nitrogens with zero attached hydrogens (tertiary/aromatic N) is 1. The molecule has 0 spiro atoms. The molecule has 1 atom stereocenters. The number of carbonyl (C=O) groups is 1. The normalized spacial score (nSPS) is 17.7. The Bertz CT molecular complexity index is 214. The number of hydrogen-bond acceptors (Lipinski definition) is 2. The molecule has 0 aromatic carbocycles. The molecular weight excluding hydrogens is 202 g/mol. The summed E-state index contributed by atoms with van der Waals surface area (Å²) in [6, 6.07) is 0.469. The van der Waals surface area contributed by atoms with Crippen molar-refractivity contribution in [2.75, 3.05) is 13.1 Å². The molecule has 0 aliphatic heterocycles. The highest BCUT2D eigenvalue weighted by Gasteiger charge is 2.28. The van der Waals surface area contributed by atoms with Crippen LogP contribution < -0.4 is 0 Å². The second-order valence-electron chi connectivity index (χ2n) is 4.97. The first kappa shape index (κ1) is 13.5. The smallest absolute Gasteiger partial charge is 0.317 e. The molecule has 1 unspecified atom stereocenters. The van der Waals surface area contributed by atoms with E-state index in [9.17, 15) is 4.79 Å². The minimum atomic E-state index is -0.685. The van der Waals surface area contributed by atoms with E-state index in [2.05, 4.69) is 18.7 Å². The molecule has 0 saturated heterocycles. The van der Waals surface area contributed by atoms with Gasteiger partial charge in [-0.25, -0.2) is 0 Å². The number of carboxylic acid groups (broad SMARTS) is 1. The molecule has 1 saturated carbocycles. The monoisotopic (exact) mass is 227 g/mol. The molecule has 3 nitrogen and oxygen atoms in total. The van der Waals surface area contributed by atoms with E-state index in [0.717, 1.165) is 25.3 Å². The molecule has 0 radical (unpaired) electrons. The lowest BCUT2D eigenvalue weighted by atomic mass is 10.1. The summed E-state index contributed by atoms with van der Waals surface area (Å²) in [7, 11) is 0. The lowest BCUT2D eigenvalue weighted by Crippen LogP contribution is -2.40. The maximum atomic E-state index is 10.9. The van der Waals surface area contributed by atoms with Crippen LogP contribution >= 0.6 is 0 Å². The molecule has 0 aromatic heterocycles. The van der Waals surface area contributed by atoms with Crippen molar-refractivity contribution in [3.63, 3.8) is 0 Å². The zero-order valence-electron chi connectivity index (χ0n) is 10.6. The number of carboxylic acids is 1. The standard InChI is InChI=1S/C13H25NO2/c1-3-5-6-12(4-2)14(10-13(15)16)9-11-7-8-11/h11-12H,3-10H2,1-2H3,(H,15,16). The summed E-state index contributed by atoms with van der Waals surface area (Å²) in [6.45, 7) is 5.57. The summed E-state index contributed by atoms with van der Waals surface area (Å²) < 4.78 is 0. The van der Waals surface area contributed by atoms with Crippen molar-refractivity contribution in [3.8, 4) is 0 Å². The molecule has 1 aliphatic carbocycles. The van der Waals surface area contributed by atoms with Crippen LogP contribution in [0.15, 0.2) is 0 Å². The van der Waals surface area contributed by atoms with Gasteiger partial charge in [-0.2, -0.15) is 0 Å². The number of rotatable bonds is 9. The van der Waals surface area contributed by atoms with Crippen molar-refractivity contribution < 1.29 is 9.90 Å². The Kier molecular flexibility index (Phi) is 5.81. The molecule has 0 bridgehead atoms. The van der Waals surface area contributed by atoms with Crippen LogP contribution in [0.5, 0.6) is 0 Å². The lowest BCUT2D eigenvalue weighted by molar-refractivity contribution is -0.139. The molecular formula is C13H25NO2. The Morgan fingerprint density at radius 2 is 2.12 bits per heavy atom. The van der Waals surface area contributed by atoms with Gasteiger partial charge < -0.3 is 5.11 Å². The van der Waals surface area contributed by atoms with Gasteiger partial charge in [0.25, 0.3) is 0 Å². The Balaban J connectivity index is 2.44. The summed E-state index contributed by atoms with van der Waals surface area (Å²) in [4.78, 5) is 13.1. The quantitative estimate of drug-likeness (QED) is 0.658. The van der Waals surface area contributed by atoms with Crippen LogP contribution in [0.25, 0.3) is 0 Å². The maximum Gasteiger partial charge on any atom is 0.317 e. The third-order valence-corrected chi connectivity index (χ3v) is 3.41. The molecule has 94 valence electrons. The van der Waals surface area contributed by atoms with Gasteiger partial charge in [-0.15, -0.1) is 0 Å². The second-order valence-corrected chi connectivity index (χ2v) is 4.97. The largest absolute Gasteiger partial charge is 0.480 e. The van der Waals surface area contributed by atoms with Gasteiger partial charge in [-0.3, -0.25) is 9.69 Å². The van der Waals surface area contributed by atoms with Gasteiger partial charge in [0.15, 0.2) is 0 Å². The van der Waals surface area contributed by atoms with Gasteiger partial charge in [0.05, 0.1) is 6.54 Å². The van der Waals surface area contributed by atoms with Crippen molar-refractivity contribution in [1.82, 2.24) is 4.90 Å². The molecule has 0 amide bonds. The zero-order valence-corrected chi connectivity index (χ0v) is 10.6. The van der Waals surface area contributed by atoms with Crippen molar-refractivity contribution in [2.45, 2.75) is 58.4 Å². The molecule has 1 fully saturated rings. The summed E-state index contributed by atoms with van der Waals surface area (Å²) in [5.41, 5.74) is 0. The molecule has 1 aliphatic rings. The summed E-state index contributed by atoms with van der Waals surface area (Å²) in [6.07, 6.45) is 7.20. The van der Waals surface area contributed by atoms with Gasteiger partial charge in [-0.05, 0) is 31.6 Å². The fourth-order valence-corrected chi connectivity index (χ4v) is 2.23. The average Bonchev–Trinajstić information content (AvgIpc) is 3.01. The fourth-order valence-electron chi connectivity index (χ4n) is 2.23. The third kappa shape index (κ3) is 4.97. The Labute approximate surface area is 98.8 Å². The molecule has 3 heteroatoms. The van der Waals surface area contributed by atoms with Crippen LogP contribution in [0.3, 0.4) is 0 Å². The van der Waals surface area contributed by atoms with E-state index in [-0.39, 0.29) is 6.54 Å². The zero-order chi connectivity index (χ0) is 12.0. The third-order valence-electron chi connectivity index (χ3n) is 3.41. The highest BCUT2D eigenvalue weighted by molar-refractivity contribution is 5.69. The van der Waals surface area contributed by atoms with Crippen LogP contribution in [0.2, 0.25) is 0 Å². The van der Waals surface area contributed by atoms with E-state index in [1.54, 1.807) is 0 Å². The van der Waals surface area contributed by atoms with E-state index >= 15 is 0 Å². The van der Waals surface area contributed by atoms with Crippen LogP contribution in [0.4, 0.5) is 0 Å². The lowest BCUT2D eigenvalue weighted by Gasteiger charge is -2.29. The second kappa shape index (κ2) is 6.89. The van der Waals surface area contributed by atoms with E-state index in [0.29, 0.717) is 6.04 Å². The number of hydrogen-bond donors (Lipinski definition) is 1. The van der Waals surface area contributed by atoms with E-state index < -0.39 is 5.97 Å². The van der Waals surface area contributed by atoms with E-state index in [1.807, 2.05) is 0 Å². The van der Waals surface area contributed by atoms with E-state index in [4.69, 9.17) is 5.11 Å². The minimum Gasteiger partial charge on any atom is -0.480 e. The number of aliphatic carboxylic acids is 1. The SMILES string of the molecule is CCCCC(CC)N(CC(=O)O)CC1CC1. The van der Waals surface area contributed by atoms with Crippen molar-refractivity contribution >= 4 is 5.97 Å². The van der Waals surface area contributed by atoms with E-state index in [1.165, 1.54) is 25.7 Å². The van der Waals surface area contributed by atoms with Crippen molar-refractivity contribution in [2.24, 2.45) is 5.92 Å². The molecule has 1 rings (SSSR count). The highest BCUT2D eigenvalue weighted by Crippen LogP contribution is 2.31. The fraction of sp³-hybridized carbons (Fsp3) is 0.923. The first-order valence-electron chi connectivity index (χ1n) is 6.63. The predicted octanol–water partition coefficient (Wildman–Crippen LogP) is 2.75. The Hall–Kier alpha value is -0.570. The topological polar surface area (TPSA) is 40.5 Å². The molecule has 0 heterocycles. The van der Waals surface area contributed by atoms with Gasteiger partial charge in [-0.1, -0.05) is 26.7 Å². The van der Waals surface area contributed by atoms with Crippen LogP contribution in [-0.4, -0.2) is 35.1 Å². The summed E-state index contributed by atoms with van der Waals surface area (Å²) >= 11 is 0. The first-order chi connectivity index (χ1) is 7.67. The van der Waals surface area contributed by atoms with Crippen molar-refractivity contribution in [3.05, 3.63) is 0 Å². The maximum absolute atomic E-state index is 10.9. The van der Waals surface area contributed by atoms with Crippen LogP contribution in [0, 0.1) is 5.92 Å². The Morgan fingerprint density at radius 3 is 2.56 bits per heavy atom. The minimum absolute atomic E-state index is 0.221. The highest BCUT2D eigenvalue weighted by atomic mass is 16.4. The van der Waals surface area contributed by atoms with Crippen molar-refractivity contribution in [1.29, 1.82) is 0 Å². The van der Waals surface area contributed by atoms with Gasteiger partial charge in [0, 0.05) is 12.6 Å². The summed E-state index contributed by atoms with van der Waals surface area (Å²) in [5, 5.41) is 8.95. The van der Waals surface area contributed by atoms with Crippen LogP contribution in [0.1, 0.15) is 52.4 Å². The number of unbranched alkanes of at least 4 members (excludes halogenated alkanes) is 1. The molecule has 1 N–H and O–H groups in total. The van der Waals surface area contributed by atoms with Gasteiger partial charge in [0.2, 0.25) is 0 Å². The van der Waals surface area contributed by atoms with Crippen LogP contribution in [-0.2, 0) is 4.79 Å². The Morgan fingerprint density at radius 1 is 1.44 bits per heavy atom. The summed E-state index contributed by atoms with van der Waals surface area (Å²) in [5.74, 6) is 0.0885. The first-order valence-corrected chi connectivity index (χ1v) is 6.63.